The summed E-state index contributed by atoms with van der Waals surface area (Å²) in [5, 5.41) is 0. The molecule has 1 aromatic heterocycles. The number of hydrogen-bond acceptors (Lipinski definition) is 2. The molecule has 82 valence electrons. The molecule has 4 nitrogen and oxygen atoms in total. The molecule has 1 heterocycles. The monoisotopic (exact) mass is 208 g/mol. The summed E-state index contributed by atoms with van der Waals surface area (Å²) in [4.78, 5) is 27.0. The SMILES string of the molecule is CCN(C(=O)c1ccc(=O)[nH]c1)C(C)C. The van der Waals surface area contributed by atoms with Crippen LogP contribution in [0.3, 0.4) is 0 Å². The van der Waals surface area contributed by atoms with Crippen molar-refractivity contribution in [1.82, 2.24) is 9.88 Å². The first kappa shape index (κ1) is 11.5. The predicted octanol–water partition coefficient (Wildman–Crippen LogP) is 1.25. The van der Waals surface area contributed by atoms with E-state index in [9.17, 15) is 9.59 Å². The van der Waals surface area contributed by atoms with Crippen LogP contribution in [-0.2, 0) is 0 Å². The van der Waals surface area contributed by atoms with Gasteiger partial charge in [0.2, 0.25) is 5.56 Å². The Morgan fingerprint density at radius 1 is 1.47 bits per heavy atom. The maximum atomic E-state index is 11.9. The van der Waals surface area contributed by atoms with Crippen molar-refractivity contribution in [3.8, 4) is 0 Å². The second-order valence-electron chi connectivity index (χ2n) is 3.63. The molecule has 0 unspecified atom stereocenters. The van der Waals surface area contributed by atoms with E-state index in [2.05, 4.69) is 4.98 Å². The van der Waals surface area contributed by atoms with E-state index in [1.165, 1.54) is 12.3 Å². The van der Waals surface area contributed by atoms with E-state index in [4.69, 9.17) is 0 Å². The lowest BCUT2D eigenvalue weighted by atomic mass is 10.2. The van der Waals surface area contributed by atoms with E-state index in [0.717, 1.165) is 0 Å². The molecule has 0 bridgehead atoms. The predicted molar refractivity (Wildman–Crippen MR) is 58.9 cm³/mol. The number of rotatable bonds is 3. The van der Waals surface area contributed by atoms with Crippen LogP contribution in [0.2, 0.25) is 0 Å². The van der Waals surface area contributed by atoms with Crippen LogP contribution in [0.4, 0.5) is 0 Å². The van der Waals surface area contributed by atoms with Crippen LogP contribution in [0, 0.1) is 0 Å². The molecule has 1 rings (SSSR count). The summed E-state index contributed by atoms with van der Waals surface area (Å²) in [5.74, 6) is -0.0521. The van der Waals surface area contributed by atoms with Crippen LogP contribution in [0.1, 0.15) is 31.1 Å². The van der Waals surface area contributed by atoms with Gasteiger partial charge in [0.15, 0.2) is 0 Å². The normalized spacial score (nSPS) is 10.4. The lowest BCUT2D eigenvalue weighted by Gasteiger charge is -2.24. The Morgan fingerprint density at radius 2 is 2.13 bits per heavy atom. The summed E-state index contributed by atoms with van der Waals surface area (Å²) in [6.45, 7) is 6.53. The first-order chi connectivity index (χ1) is 7.06. The summed E-state index contributed by atoms with van der Waals surface area (Å²) in [5.41, 5.74) is 0.323. The van der Waals surface area contributed by atoms with E-state index in [0.29, 0.717) is 12.1 Å². The van der Waals surface area contributed by atoms with E-state index in [-0.39, 0.29) is 17.5 Å². The van der Waals surface area contributed by atoms with Crippen LogP contribution in [-0.4, -0.2) is 28.4 Å². The Morgan fingerprint density at radius 3 is 2.53 bits per heavy atom. The number of H-pyrrole nitrogens is 1. The molecule has 0 saturated carbocycles. The van der Waals surface area contributed by atoms with Gasteiger partial charge in [-0.05, 0) is 26.8 Å². The number of carbonyl (C=O) groups excluding carboxylic acids is 1. The Hall–Kier alpha value is -1.58. The van der Waals surface area contributed by atoms with Crippen molar-refractivity contribution in [2.24, 2.45) is 0 Å². The molecule has 0 aromatic carbocycles. The van der Waals surface area contributed by atoms with Gasteiger partial charge in [0.25, 0.3) is 5.91 Å². The third-order valence-electron chi connectivity index (χ3n) is 2.26. The van der Waals surface area contributed by atoms with Crippen molar-refractivity contribution >= 4 is 5.91 Å². The number of nitrogens with one attached hydrogen (secondary N) is 1. The first-order valence-electron chi connectivity index (χ1n) is 5.06. The van der Waals surface area contributed by atoms with E-state index in [1.54, 1.807) is 11.0 Å². The highest BCUT2D eigenvalue weighted by atomic mass is 16.2. The average Bonchev–Trinajstić information content (AvgIpc) is 2.19. The molecule has 0 saturated heterocycles. The van der Waals surface area contributed by atoms with Crippen molar-refractivity contribution in [1.29, 1.82) is 0 Å². The quantitative estimate of drug-likeness (QED) is 0.812. The third-order valence-corrected chi connectivity index (χ3v) is 2.26. The van der Waals surface area contributed by atoms with Gasteiger partial charge in [0.05, 0.1) is 5.56 Å². The second kappa shape index (κ2) is 4.77. The highest BCUT2D eigenvalue weighted by Crippen LogP contribution is 2.05. The van der Waals surface area contributed by atoms with Gasteiger partial charge in [0, 0.05) is 24.8 Å². The van der Waals surface area contributed by atoms with Crippen LogP contribution < -0.4 is 5.56 Å². The fourth-order valence-corrected chi connectivity index (χ4v) is 1.45. The minimum Gasteiger partial charge on any atom is -0.336 e. The highest BCUT2D eigenvalue weighted by molar-refractivity contribution is 5.94. The molecule has 15 heavy (non-hydrogen) atoms. The lowest BCUT2D eigenvalue weighted by molar-refractivity contribution is 0.0716. The smallest absolute Gasteiger partial charge is 0.255 e. The maximum Gasteiger partial charge on any atom is 0.255 e. The van der Waals surface area contributed by atoms with Crippen molar-refractivity contribution in [2.75, 3.05) is 6.54 Å². The van der Waals surface area contributed by atoms with Crippen LogP contribution in [0.15, 0.2) is 23.1 Å². The molecular formula is C11H16N2O2. The molecule has 1 amide bonds. The fraction of sp³-hybridized carbons (Fsp3) is 0.455. The number of hydrogen-bond donors (Lipinski definition) is 1. The largest absolute Gasteiger partial charge is 0.336 e. The topological polar surface area (TPSA) is 53.2 Å². The zero-order valence-corrected chi connectivity index (χ0v) is 9.28. The first-order valence-corrected chi connectivity index (χ1v) is 5.06. The number of carbonyl (C=O) groups is 1. The number of aromatic nitrogens is 1. The average molecular weight is 208 g/mol. The van der Waals surface area contributed by atoms with Crippen molar-refractivity contribution in [3.63, 3.8) is 0 Å². The van der Waals surface area contributed by atoms with E-state index >= 15 is 0 Å². The lowest BCUT2D eigenvalue weighted by Crippen LogP contribution is -2.36. The standard InChI is InChI=1S/C11H16N2O2/c1-4-13(8(2)3)11(15)9-5-6-10(14)12-7-9/h5-8H,4H2,1-3H3,(H,12,14). The molecule has 0 aliphatic rings. The Bertz CT molecular complexity index is 375. The molecule has 0 fully saturated rings. The summed E-state index contributed by atoms with van der Waals surface area (Å²) in [6, 6.07) is 3.07. The number of amides is 1. The summed E-state index contributed by atoms with van der Waals surface area (Å²) >= 11 is 0. The molecular weight excluding hydrogens is 192 g/mol. The van der Waals surface area contributed by atoms with Crippen LogP contribution in [0.25, 0.3) is 0 Å². The third kappa shape index (κ3) is 2.68. The Labute approximate surface area is 88.9 Å². The molecule has 4 heteroatoms. The molecule has 1 N–H and O–H groups in total. The summed E-state index contributed by atoms with van der Waals surface area (Å²) in [7, 11) is 0. The minimum absolute atomic E-state index is 0.0521. The molecule has 1 aromatic rings. The van der Waals surface area contributed by atoms with Gasteiger partial charge in [-0.25, -0.2) is 0 Å². The van der Waals surface area contributed by atoms with Gasteiger partial charge in [-0.2, -0.15) is 0 Å². The Kier molecular flexibility index (Phi) is 3.66. The molecule has 0 spiro atoms. The van der Waals surface area contributed by atoms with E-state index < -0.39 is 0 Å². The fourth-order valence-electron chi connectivity index (χ4n) is 1.45. The van der Waals surface area contributed by atoms with Gasteiger partial charge in [0.1, 0.15) is 0 Å². The maximum absolute atomic E-state index is 11.9. The molecule has 0 radical (unpaired) electrons. The second-order valence-corrected chi connectivity index (χ2v) is 3.63. The van der Waals surface area contributed by atoms with E-state index in [1.807, 2.05) is 20.8 Å². The van der Waals surface area contributed by atoms with Crippen LogP contribution >= 0.6 is 0 Å². The number of aromatic amines is 1. The van der Waals surface area contributed by atoms with Crippen molar-refractivity contribution in [2.45, 2.75) is 26.8 Å². The molecule has 0 aliphatic carbocycles. The molecule has 0 aliphatic heterocycles. The molecule has 0 atom stereocenters. The summed E-state index contributed by atoms with van der Waals surface area (Å²) in [6.07, 6.45) is 1.45. The zero-order valence-electron chi connectivity index (χ0n) is 9.28. The van der Waals surface area contributed by atoms with Gasteiger partial charge in [-0.1, -0.05) is 0 Å². The zero-order chi connectivity index (χ0) is 11.4. The van der Waals surface area contributed by atoms with Gasteiger partial charge >= 0.3 is 0 Å². The van der Waals surface area contributed by atoms with Gasteiger partial charge in [-0.15, -0.1) is 0 Å². The number of nitrogens with zero attached hydrogens (tertiary/aromatic N) is 1. The highest BCUT2D eigenvalue weighted by Gasteiger charge is 2.16. The Balaban J connectivity index is 2.93. The summed E-state index contributed by atoms with van der Waals surface area (Å²) < 4.78 is 0. The van der Waals surface area contributed by atoms with Crippen molar-refractivity contribution < 1.29 is 4.79 Å². The van der Waals surface area contributed by atoms with Crippen LogP contribution in [0.5, 0.6) is 0 Å². The van der Waals surface area contributed by atoms with Gasteiger partial charge in [-0.3, -0.25) is 9.59 Å². The number of pyridine rings is 1. The van der Waals surface area contributed by atoms with Crippen molar-refractivity contribution in [3.05, 3.63) is 34.2 Å². The minimum atomic E-state index is -0.195. The van der Waals surface area contributed by atoms with Gasteiger partial charge < -0.3 is 9.88 Å².